The minimum Gasteiger partial charge on any atom is -0.337 e. The van der Waals surface area contributed by atoms with E-state index in [-0.39, 0.29) is 0 Å². The summed E-state index contributed by atoms with van der Waals surface area (Å²) >= 11 is 0. The molecule has 0 unspecified atom stereocenters. The minimum absolute atomic E-state index is 0.595. The predicted octanol–water partition coefficient (Wildman–Crippen LogP) is 3.16. The van der Waals surface area contributed by atoms with Crippen molar-refractivity contribution in [3.05, 3.63) is 60.7 Å². The van der Waals surface area contributed by atoms with Crippen LogP contribution < -0.4 is 0 Å². The van der Waals surface area contributed by atoms with Crippen molar-refractivity contribution in [2.45, 2.75) is 0 Å². The molecule has 0 fully saturated rings. The zero-order chi connectivity index (χ0) is 16.8. The van der Waals surface area contributed by atoms with Crippen molar-refractivity contribution in [3.8, 4) is 23.3 Å². The molecule has 0 atom stereocenters. The summed E-state index contributed by atoms with van der Waals surface area (Å²) in [5, 5.41) is 17.3. The van der Waals surface area contributed by atoms with Crippen LogP contribution in [0.3, 0.4) is 0 Å². The average Bonchev–Trinajstić information content (AvgIpc) is 3.38. The molecule has 25 heavy (non-hydrogen) atoms. The van der Waals surface area contributed by atoms with Gasteiger partial charge in [0.1, 0.15) is 5.69 Å². The van der Waals surface area contributed by atoms with Crippen molar-refractivity contribution < 1.29 is 0 Å². The Morgan fingerprint density at radius 1 is 1.08 bits per heavy atom. The number of imidazole rings is 2. The van der Waals surface area contributed by atoms with Gasteiger partial charge < -0.3 is 9.55 Å². The summed E-state index contributed by atoms with van der Waals surface area (Å²) < 4.78 is 1.94. The van der Waals surface area contributed by atoms with E-state index in [1.165, 1.54) is 0 Å². The van der Waals surface area contributed by atoms with Gasteiger partial charge in [-0.15, -0.1) is 0 Å². The summed E-state index contributed by atoms with van der Waals surface area (Å²) in [4.78, 5) is 12.0. The Morgan fingerprint density at radius 2 is 2.04 bits per heavy atom. The molecular formula is C18H11N7. The number of H-pyrrole nitrogens is 2. The molecule has 0 aliphatic carbocycles. The molecule has 3 aromatic heterocycles. The van der Waals surface area contributed by atoms with Crippen molar-refractivity contribution in [2.24, 2.45) is 0 Å². The molecule has 2 N–H and O–H groups in total. The Morgan fingerprint density at radius 3 is 2.88 bits per heavy atom. The van der Waals surface area contributed by atoms with Crippen LogP contribution in [0, 0.1) is 11.3 Å². The molecule has 118 valence electrons. The third-order valence-electron chi connectivity index (χ3n) is 4.18. The minimum atomic E-state index is 0.595. The van der Waals surface area contributed by atoms with Gasteiger partial charge in [-0.3, -0.25) is 5.10 Å². The third-order valence-corrected chi connectivity index (χ3v) is 4.18. The molecule has 0 amide bonds. The first-order valence-corrected chi connectivity index (χ1v) is 7.68. The van der Waals surface area contributed by atoms with Crippen LogP contribution in [0.4, 0.5) is 0 Å². The summed E-state index contributed by atoms with van der Waals surface area (Å²) in [7, 11) is 0. The Kier molecular flexibility index (Phi) is 2.72. The lowest BCUT2D eigenvalue weighted by Crippen LogP contribution is -1.88. The molecule has 0 saturated carbocycles. The summed E-state index contributed by atoms with van der Waals surface area (Å²) in [6.45, 7) is 0. The molecule has 0 aliphatic rings. The lowest BCUT2D eigenvalue weighted by atomic mass is 10.1. The Labute approximate surface area is 141 Å². The van der Waals surface area contributed by atoms with Gasteiger partial charge in [0.25, 0.3) is 0 Å². The highest BCUT2D eigenvalue weighted by molar-refractivity contribution is 5.93. The zero-order valence-corrected chi connectivity index (χ0v) is 12.9. The van der Waals surface area contributed by atoms with Gasteiger partial charge in [-0.25, -0.2) is 9.97 Å². The smallest absolute Gasteiger partial charge is 0.159 e. The maximum atomic E-state index is 9.01. The van der Waals surface area contributed by atoms with Crippen molar-refractivity contribution in [2.75, 3.05) is 0 Å². The number of aromatic nitrogens is 6. The molecule has 0 bridgehead atoms. The molecule has 0 aliphatic heterocycles. The van der Waals surface area contributed by atoms with Crippen LogP contribution in [0.1, 0.15) is 5.56 Å². The van der Waals surface area contributed by atoms with Crippen molar-refractivity contribution >= 4 is 21.9 Å². The lowest BCUT2D eigenvalue weighted by molar-refractivity contribution is 1.06. The van der Waals surface area contributed by atoms with Crippen molar-refractivity contribution in [1.29, 1.82) is 5.26 Å². The van der Waals surface area contributed by atoms with Gasteiger partial charge in [0, 0.05) is 23.5 Å². The van der Waals surface area contributed by atoms with Gasteiger partial charge in [-0.2, -0.15) is 10.4 Å². The summed E-state index contributed by atoms with van der Waals surface area (Å²) in [5.74, 6) is 0.689. The highest BCUT2D eigenvalue weighted by Crippen LogP contribution is 2.27. The van der Waals surface area contributed by atoms with Crippen LogP contribution in [-0.2, 0) is 0 Å². The normalized spacial score (nSPS) is 11.2. The van der Waals surface area contributed by atoms with Crippen LogP contribution in [0.5, 0.6) is 0 Å². The van der Waals surface area contributed by atoms with E-state index in [2.05, 4.69) is 31.2 Å². The van der Waals surface area contributed by atoms with Gasteiger partial charge in [0.15, 0.2) is 5.82 Å². The Balaban J connectivity index is 1.65. The molecular weight excluding hydrogens is 314 g/mol. The van der Waals surface area contributed by atoms with E-state index >= 15 is 0 Å². The fourth-order valence-corrected chi connectivity index (χ4v) is 2.95. The summed E-state index contributed by atoms with van der Waals surface area (Å²) in [6.07, 6.45) is 5.40. The van der Waals surface area contributed by atoms with Crippen LogP contribution in [0.2, 0.25) is 0 Å². The van der Waals surface area contributed by atoms with E-state index in [9.17, 15) is 0 Å². The lowest BCUT2D eigenvalue weighted by Gasteiger charge is -2.00. The molecule has 2 aromatic carbocycles. The molecule has 0 radical (unpaired) electrons. The fraction of sp³-hybridized carbons (Fsp3) is 0. The molecule has 7 heteroatoms. The first-order valence-electron chi connectivity index (χ1n) is 7.68. The average molecular weight is 325 g/mol. The standard InChI is InChI=1S/C18H11N7/c19-9-11-1-3-13-15(7-11)23-24-17(13)18-21-14-4-2-12(8-16(14)22-18)25-6-5-20-10-25/h1-8,10H,(H,21,22)(H,23,24). The molecule has 3 heterocycles. The van der Waals surface area contributed by atoms with E-state index < -0.39 is 0 Å². The van der Waals surface area contributed by atoms with Gasteiger partial charge in [0.2, 0.25) is 0 Å². The number of aromatic amines is 2. The molecule has 7 nitrogen and oxygen atoms in total. The predicted molar refractivity (Wildman–Crippen MR) is 93.0 cm³/mol. The van der Waals surface area contributed by atoms with Crippen molar-refractivity contribution in [3.63, 3.8) is 0 Å². The molecule has 5 rings (SSSR count). The van der Waals surface area contributed by atoms with Gasteiger partial charge in [-0.1, -0.05) is 0 Å². The van der Waals surface area contributed by atoms with Gasteiger partial charge in [0.05, 0.1) is 34.5 Å². The first-order chi connectivity index (χ1) is 12.3. The number of nitriles is 1. The zero-order valence-electron chi connectivity index (χ0n) is 12.9. The van der Waals surface area contributed by atoms with Gasteiger partial charge in [-0.05, 0) is 36.4 Å². The number of fused-ring (bicyclic) bond motifs is 2. The Hall–Kier alpha value is -3.92. The fourth-order valence-electron chi connectivity index (χ4n) is 2.95. The second-order valence-electron chi connectivity index (χ2n) is 5.70. The monoisotopic (exact) mass is 325 g/mol. The molecule has 0 saturated heterocycles. The largest absolute Gasteiger partial charge is 0.337 e. The summed E-state index contributed by atoms with van der Waals surface area (Å²) in [5.41, 5.74) is 4.94. The quantitative estimate of drug-likeness (QED) is 0.521. The number of nitrogens with one attached hydrogen (secondary N) is 2. The second-order valence-corrected chi connectivity index (χ2v) is 5.70. The summed E-state index contributed by atoms with van der Waals surface area (Å²) in [6, 6.07) is 13.6. The highest BCUT2D eigenvalue weighted by Gasteiger charge is 2.13. The van der Waals surface area contributed by atoms with Gasteiger partial charge >= 0.3 is 0 Å². The first kappa shape index (κ1) is 13.5. The number of hydrogen-bond acceptors (Lipinski definition) is 4. The number of hydrogen-bond donors (Lipinski definition) is 2. The topological polar surface area (TPSA) is 99.0 Å². The third kappa shape index (κ3) is 2.09. The highest BCUT2D eigenvalue weighted by atomic mass is 15.1. The van der Waals surface area contributed by atoms with E-state index in [4.69, 9.17) is 5.26 Å². The number of benzene rings is 2. The van der Waals surface area contributed by atoms with E-state index in [1.807, 2.05) is 35.0 Å². The molecule has 5 aromatic rings. The molecule has 0 spiro atoms. The Bertz CT molecular complexity index is 1250. The maximum absolute atomic E-state index is 9.01. The maximum Gasteiger partial charge on any atom is 0.159 e. The number of rotatable bonds is 2. The van der Waals surface area contributed by atoms with Crippen LogP contribution in [0.15, 0.2) is 55.1 Å². The van der Waals surface area contributed by atoms with E-state index in [0.29, 0.717) is 11.4 Å². The van der Waals surface area contributed by atoms with Crippen LogP contribution in [0.25, 0.3) is 39.1 Å². The SMILES string of the molecule is N#Cc1ccc2c(-c3nc4ccc(-n5ccnc5)cc4[nH]3)n[nH]c2c1. The van der Waals surface area contributed by atoms with Crippen LogP contribution >= 0.6 is 0 Å². The van der Waals surface area contributed by atoms with Crippen molar-refractivity contribution in [1.82, 2.24) is 29.7 Å². The van der Waals surface area contributed by atoms with E-state index in [1.54, 1.807) is 24.7 Å². The second kappa shape index (κ2) is 5.04. The van der Waals surface area contributed by atoms with Crippen LogP contribution in [-0.4, -0.2) is 29.7 Å². The van der Waals surface area contributed by atoms with E-state index in [0.717, 1.165) is 33.3 Å². The number of nitrogens with zero attached hydrogens (tertiary/aromatic N) is 5.